The number of rotatable bonds is 4. The van der Waals surface area contributed by atoms with Crippen LogP contribution in [0.3, 0.4) is 0 Å². The summed E-state index contributed by atoms with van der Waals surface area (Å²) in [6.45, 7) is 1.50. The summed E-state index contributed by atoms with van der Waals surface area (Å²) in [5, 5.41) is 21.8. The standard InChI is InChI=1S/C11H18N4O4S/c1-4(17)6-2-5(3-16)19-10(6)13-8-7(20)9(18)15-11(12)14-8/h4-6,10,16-17,20H,2-3H2,1H3,(H4,12,13,14,15,18). The first-order valence-corrected chi connectivity index (χ1v) is 6.66. The molecule has 1 saturated heterocycles. The van der Waals surface area contributed by atoms with Crippen LogP contribution in [0.25, 0.3) is 0 Å². The monoisotopic (exact) mass is 302 g/mol. The summed E-state index contributed by atoms with van der Waals surface area (Å²) in [5.41, 5.74) is 5.02. The fourth-order valence-corrected chi connectivity index (χ4v) is 2.39. The van der Waals surface area contributed by atoms with Crippen molar-refractivity contribution < 1.29 is 14.9 Å². The number of nitrogens with two attached hydrogens (primary N) is 1. The lowest BCUT2D eigenvalue weighted by Crippen LogP contribution is -2.33. The molecule has 6 N–H and O–H groups in total. The molecule has 2 heterocycles. The Morgan fingerprint density at radius 2 is 2.40 bits per heavy atom. The van der Waals surface area contributed by atoms with Gasteiger partial charge in [0.15, 0.2) is 5.82 Å². The van der Waals surface area contributed by atoms with Gasteiger partial charge in [-0.25, -0.2) is 0 Å². The molecule has 112 valence electrons. The van der Waals surface area contributed by atoms with E-state index in [-0.39, 0.29) is 35.3 Å². The Bertz CT molecular complexity index is 536. The maximum Gasteiger partial charge on any atom is 0.267 e. The molecular weight excluding hydrogens is 284 g/mol. The summed E-state index contributed by atoms with van der Waals surface area (Å²) in [6.07, 6.45) is -1.07. The molecule has 9 heteroatoms. The fourth-order valence-electron chi connectivity index (χ4n) is 2.22. The first kappa shape index (κ1) is 15.1. The van der Waals surface area contributed by atoms with E-state index in [1.165, 1.54) is 0 Å². The molecule has 0 aromatic carbocycles. The second-order valence-corrected chi connectivity index (χ2v) is 5.24. The Morgan fingerprint density at radius 1 is 1.70 bits per heavy atom. The van der Waals surface area contributed by atoms with Gasteiger partial charge in [0, 0.05) is 5.92 Å². The molecule has 0 saturated carbocycles. The molecule has 8 nitrogen and oxygen atoms in total. The molecule has 20 heavy (non-hydrogen) atoms. The Balaban J connectivity index is 2.22. The number of nitrogen functional groups attached to an aromatic ring is 1. The van der Waals surface area contributed by atoms with Gasteiger partial charge in [0.05, 0.1) is 18.8 Å². The fraction of sp³-hybridized carbons (Fsp3) is 0.636. The van der Waals surface area contributed by atoms with Crippen molar-refractivity contribution in [2.75, 3.05) is 17.7 Å². The summed E-state index contributed by atoms with van der Waals surface area (Å²) in [7, 11) is 0. The average molecular weight is 302 g/mol. The number of aliphatic hydroxyl groups excluding tert-OH is 2. The van der Waals surface area contributed by atoms with Gasteiger partial charge in [0.25, 0.3) is 5.56 Å². The minimum Gasteiger partial charge on any atom is -0.394 e. The third kappa shape index (κ3) is 3.06. The van der Waals surface area contributed by atoms with Crippen molar-refractivity contribution in [2.45, 2.75) is 36.7 Å². The van der Waals surface area contributed by atoms with Crippen molar-refractivity contribution in [3.05, 3.63) is 10.4 Å². The zero-order valence-electron chi connectivity index (χ0n) is 10.9. The largest absolute Gasteiger partial charge is 0.394 e. The quantitative estimate of drug-likeness (QED) is 0.399. The molecule has 2 rings (SSSR count). The van der Waals surface area contributed by atoms with Gasteiger partial charge in [-0.05, 0) is 13.3 Å². The SMILES string of the molecule is CC(O)C1CC(CO)OC1Nc1nc(N)[nH]c(=O)c1S. The first-order valence-electron chi connectivity index (χ1n) is 6.22. The molecule has 1 aromatic rings. The van der Waals surface area contributed by atoms with E-state index in [1.54, 1.807) is 6.92 Å². The number of aromatic nitrogens is 2. The van der Waals surface area contributed by atoms with Gasteiger partial charge in [-0.1, -0.05) is 0 Å². The summed E-state index contributed by atoms with van der Waals surface area (Å²) < 4.78 is 5.58. The average Bonchev–Trinajstić information content (AvgIpc) is 2.78. The van der Waals surface area contributed by atoms with E-state index in [2.05, 4.69) is 27.9 Å². The van der Waals surface area contributed by atoms with Gasteiger partial charge in [-0.15, -0.1) is 12.6 Å². The van der Waals surface area contributed by atoms with E-state index in [0.717, 1.165) is 0 Å². The van der Waals surface area contributed by atoms with Gasteiger partial charge in [0.1, 0.15) is 11.1 Å². The van der Waals surface area contributed by atoms with Crippen LogP contribution in [0.1, 0.15) is 13.3 Å². The molecule has 1 fully saturated rings. The topological polar surface area (TPSA) is 133 Å². The summed E-state index contributed by atoms with van der Waals surface area (Å²) in [5.74, 6) is -0.0911. The van der Waals surface area contributed by atoms with E-state index >= 15 is 0 Å². The predicted molar refractivity (Wildman–Crippen MR) is 75.7 cm³/mol. The number of anilines is 2. The van der Waals surface area contributed by atoms with Crippen LogP contribution in [0.2, 0.25) is 0 Å². The van der Waals surface area contributed by atoms with Crippen molar-refractivity contribution in [3.8, 4) is 0 Å². The molecule has 0 amide bonds. The number of aromatic amines is 1. The van der Waals surface area contributed by atoms with E-state index < -0.39 is 17.9 Å². The molecule has 4 unspecified atom stereocenters. The Kier molecular flexibility index (Phi) is 4.53. The highest BCUT2D eigenvalue weighted by molar-refractivity contribution is 7.80. The number of nitrogens with zero attached hydrogens (tertiary/aromatic N) is 1. The molecule has 1 aliphatic heterocycles. The van der Waals surface area contributed by atoms with Crippen LogP contribution in [0.5, 0.6) is 0 Å². The highest BCUT2D eigenvalue weighted by Gasteiger charge is 2.38. The minimum absolute atomic E-state index is 0.0411. The van der Waals surface area contributed by atoms with Gasteiger partial charge >= 0.3 is 0 Å². The Morgan fingerprint density at radius 3 is 3.00 bits per heavy atom. The van der Waals surface area contributed by atoms with Crippen LogP contribution in [0, 0.1) is 5.92 Å². The van der Waals surface area contributed by atoms with Crippen molar-refractivity contribution in [1.29, 1.82) is 0 Å². The molecule has 4 atom stereocenters. The van der Waals surface area contributed by atoms with Gasteiger partial charge in [-0.2, -0.15) is 4.98 Å². The van der Waals surface area contributed by atoms with E-state index in [1.807, 2.05) is 0 Å². The Labute approximate surface area is 120 Å². The molecular formula is C11H18N4O4S. The summed E-state index contributed by atoms with van der Waals surface area (Å²) in [6, 6.07) is 0. The van der Waals surface area contributed by atoms with E-state index in [4.69, 9.17) is 15.6 Å². The molecule has 0 bridgehead atoms. The highest BCUT2D eigenvalue weighted by atomic mass is 32.1. The highest BCUT2D eigenvalue weighted by Crippen LogP contribution is 2.30. The van der Waals surface area contributed by atoms with Gasteiger partial charge in [-0.3, -0.25) is 9.78 Å². The normalized spacial score (nSPS) is 27.5. The maximum absolute atomic E-state index is 11.5. The molecule has 1 aliphatic rings. The first-order chi connectivity index (χ1) is 9.42. The number of hydrogen-bond donors (Lipinski definition) is 6. The van der Waals surface area contributed by atoms with Crippen LogP contribution >= 0.6 is 12.6 Å². The number of hydrogen-bond acceptors (Lipinski definition) is 8. The molecule has 0 spiro atoms. The van der Waals surface area contributed by atoms with E-state index in [0.29, 0.717) is 6.42 Å². The number of thiol groups is 1. The summed E-state index contributed by atoms with van der Waals surface area (Å²) >= 11 is 4.07. The third-order valence-electron chi connectivity index (χ3n) is 3.28. The predicted octanol–water partition coefficient (Wildman–Crippen LogP) is -0.843. The van der Waals surface area contributed by atoms with Crippen LogP contribution in [-0.4, -0.2) is 45.2 Å². The lowest BCUT2D eigenvalue weighted by molar-refractivity contribution is 0.00601. The number of aliphatic hydroxyl groups is 2. The summed E-state index contributed by atoms with van der Waals surface area (Å²) in [4.78, 5) is 17.9. The van der Waals surface area contributed by atoms with Gasteiger partial charge in [0.2, 0.25) is 5.95 Å². The van der Waals surface area contributed by atoms with Crippen molar-refractivity contribution in [2.24, 2.45) is 5.92 Å². The third-order valence-corrected chi connectivity index (χ3v) is 3.69. The molecule has 0 aliphatic carbocycles. The van der Waals surface area contributed by atoms with Crippen LogP contribution < -0.4 is 16.6 Å². The van der Waals surface area contributed by atoms with Crippen molar-refractivity contribution >= 4 is 24.4 Å². The Hall–Kier alpha value is -1.29. The number of nitrogens with one attached hydrogen (secondary N) is 2. The number of ether oxygens (including phenoxy) is 1. The lowest BCUT2D eigenvalue weighted by atomic mass is 9.98. The smallest absolute Gasteiger partial charge is 0.267 e. The minimum atomic E-state index is -0.633. The van der Waals surface area contributed by atoms with Crippen molar-refractivity contribution in [1.82, 2.24) is 9.97 Å². The molecule has 0 radical (unpaired) electrons. The number of H-pyrrole nitrogens is 1. The van der Waals surface area contributed by atoms with E-state index in [9.17, 15) is 9.90 Å². The lowest BCUT2D eigenvalue weighted by Gasteiger charge is -2.22. The zero-order chi connectivity index (χ0) is 14.9. The van der Waals surface area contributed by atoms with Crippen LogP contribution in [0.15, 0.2) is 9.69 Å². The van der Waals surface area contributed by atoms with Crippen molar-refractivity contribution in [3.63, 3.8) is 0 Å². The van der Waals surface area contributed by atoms with Crippen LogP contribution in [0.4, 0.5) is 11.8 Å². The molecule has 1 aromatic heterocycles. The zero-order valence-corrected chi connectivity index (χ0v) is 11.8. The maximum atomic E-state index is 11.5. The second kappa shape index (κ2) is 6.00. The van der Waals surface area contributed by atoms with Crippen LogP contribution in [-0.2, 0) is 4.74 Å². The van der Waals surface area contributed by atoms with Gasteiger partial charge < -0.3 is 26.0 Å². The second-order valence-electron chi connectivity index (χ2n) is 4.79.